The number of para-hydroxylation sites is 1. The SMILES string of the molecule is O=C(NCc1cccnc1)c1cccc(Oc2ccccc2)c1. The van der Waals surface area contributed by atoms with Gasteiger partial charge in [0.1, 0.15) is 11.5 Å². The van der Waals surface area contributed by atoms with Gasteiger partial charge in [-0.25, -0.2) is 0 Å². The van der Waals surface area contributed by atoms with Crippen LogP contribution in [0.25, 0.3) is 0 Å². The van der Waals surface area contributed by atoms with Crippen LogP contribution in [0, 0.1) is 0 Å². The number of nitrogens with zero attached hydrogens (tertiary/aromatic N) is 1. The summed E-state index contributed by atoms with van der Waals surface area (Å²) in [6.45, 7) is 0.441. The molecule has 0 aliphatic rings. The van der Waals surface area contributed by atoms with Crippen LogP contribution in [0.1, 0.15) is 15.9 Å². The average Bonchev–Trinajstić information content (AvgIpc) is 2.62. The third-order valence-electron chi connectivity index (χ3n) is 3.25. The van der Waals surface area contributed by atoms with Crippen LogP contribution in [0.5, 0.6) is 11.5 Å². The Morgan fingerprint density at radius 3 is 2.57 bits per heavy atom. The van der Waals surface area contributed by atoms with Gasteiger partial charge < -0.3 is 10.1 Å². The molecule has 0 atom stereocenters. The summed E-state index contributed by atoms with van der Waals surface area (Å²) in [4.78, 5) is 16.3. The van der Waals surface area contributed by atoms with Crippen molar-refractivity contribution >= 4 is 5.91 Å². The van der Waals surface area contributed by atoms with Crippen molar-refractivity contribution in [2.75, 3.05) is 0 Å². The van der Waals surface area contributed by atoms with Crippen LogP contribution in [0.15, 0.2) is 79.1 Å². The molecule has 0 spiro atoms. The highest BCUT2D eigenvalue weighted by Gasteiger charge is 2.07. The monoisotopic (exact) mass is 304 g/mol. The lowest BCUT2D eigenvalue weighted by Gasteiger charge is -2.08. The number of benzene rings is 2. The Morgan fingerprint density at radius 1 is 0.957 bits per heavy atom. The molecule has 0 saturated heterocycles. The van der Waals surface area contributed by atoms with Gasteiger partial charge in [0.25, 0.3) is 5.91 Å². The van der Waals surface area contributed by atoms with E-state index in [4.69, 9.17) is 4.74 Å². The number of nitrogens with one attached hydrogen (secondary N) is 1. The van der Waals surface area contributed by atoms with E-state index in [1.807, 2.05) is 48.5 Å². The van der Waals surface area contributed by atoms with Gasteiger partial charge in [0.05, 0.1) is 0 Å². The van der Waals surface area contributed by atoms with Crippen molar-refractivity contribution in [3.8, 4) is 11.5 Å². The van der Waals surface area contributed by atoms with Crippen LogP contribution < -0.4 is 10.1 Å². The average molecular weight is 304 g/mol. The summed E-state index contributed by atoms with van der Waals surface area (Å²) in [5.41, 5.74) is 1.51. The lowest BCUT2D eigenvalue weighted by molar-refractivity contribution is 0.0950. The Bertz CT molecular complexity index is 774. The second kappa shape index (κ2) is 7.22. The summed E-state index contributed by atoms with van der Waals surface area (Å²) in [5.74, 6) is 1.22. The molecule has 114 valence electrons. The molecule has 0 bridgehead atoms. The van der Waals surface area contributed by atoms with Crippen molar-refractivity contribution in [2.45, 2.75) is 6.54 Å². The van der Waals surface area contributed by atoms with Gasteiger partial charge in [0, 0.05) is 24.5 Å². The Labute approximate surface area is 134 Å². The largest absolute Gasteiger partial charge is 0.457 e. The second-order valence-corrected chi connectivity index (χ2v) is 4.99. The van der Waals surface area contributed by atoms with Crippen LogP contribution in [0.2, 0.25) is 0 Å². The standard InChI is InChI=1S/C19H16N2O2/c22-19(21-14-15-6-5-11-20-13-15)16-7-4-10-18(12-16)23-17-8-2-1-3-9-17/h1-13H,14H2,(H,21,22). The third kappa shape index (κ3) is 4.17. The molecular formula is C19H16N2O2. The zero-order valence-corrected chi connectivity index (χ0v) is 12.5. The van der Waals surface area contributed by atoms with E-state index in [2.05, 4.69) is 10.3 Å². The predicted molar refractivity (Wildman–Crippen MR) is 88.4 cm³/mol. The topological polar surface area (TPSA) is 51.2 Å². The molecule has 0 unspecified atom stereocenters. The lowest BCUT2D eigenvalue weighted by atomic mass is 10.2. The smallest absolute Gasteiger partial charge is 0.251 e. The number of rotatable bonds is 5. The lowest BCUT2D eigenvalue weighted by Crippen LogP contribution is -2.22. The highest BCUT2D eigenvalue weighted by molar-refractivity contribution is 5.94. The summed E-state index contributed by atoms with van der Waals surface area (Å²) >= 11 is 0. The first kappa shape index (κ1) is 14.8. The second-order valence-electron chi connectivity index (χ2n) is 4.99. The van der Waals surface area contributed by atoms with Gasteiger partial charge in [-0.05, 0) is 42.0 Å². The summed E-state index contributed by atoms with van der Waals surface area (Å²) in [6.07, 6.45) is 3.44. The van der Waals surface area contributed by atoms with Gasteiger partial charge in [-0.1, -0.05) is 30.3 Å². The van der Waals surface area contributed by atoms with Crippen LogP contribution in [0.4, 0.5) is 0 Å². The van der Waals surface area contributed by atoms with Crippen LogP contribution in [0.3, 0.4) is 0 Å². The van der Waals surface area contributed by atoms with E-state index < -0.39 is 0 Å². The van der Waals surface area contributed by atoms with Gasteiger partial charge in [-0.15, -0.1) is 0 Å². The molecule has 23 heavy (non-hydrogen) atoms. The fourth-order valence-corrected chi connectivity index (χ4v) is 2.11. The molecule has 1 aromatic heterocycles. The molecular weight excluding hydrogens is 288 g/mol. The quantitative estimate of drug-likeness (QED) is 0.780. The van der Waals surface area contributed by atoms with Crippen molar-refractivity contribution < 1.29 is 9.53 Å². The van der Waals surface area contributed by atoms with E-state index in [0.717, 1.165) is 11.3 Å². The van der Waals surface area contributed by atoms with Crippen molar-refractivity contribution in [3.63, 3.8) is 0 Å². The molecule has 0 aliphatic carbocycles. The van der Waals surface area contributed by atoms with E-state index in [0.29, 0.717) is 17.9 Å². The summed E-state index contributed by atoms with van der Waals surface area (Å²) in [6, 6.07) is 20.3. The van der Waals surface area contributed by atoms with Gasteiger partial charge in [0.15, 0.2) is 0 Å². The normalized spacial score (nSPS) is 10.1. The first-order chi connectivity index (χ1) is 11.3. The summed E-state index contributed by atoms with van der Waals surface area (Å²) in [7, 11) is 0. The molecule has 0 saturated carbocycles. The van der Waals surface area contributed by atoms with Crippen molar-refractivity contribution in [3.05, 3.63) is 90.3 Å². The maximum atomic E-state index is 12.2. The highest BCUT2D eigenvalue weighted by atomic mass is 16.5. The zero-order valence-electron chi connectivity index (χ0n) is 12.5. The molecule has 1 N–H and O–H groups in total. The Morgan fingerprint density at radius 2 is 1.78 bits per heavy atom. The maximum absolute atomic E-state index is 12.2. The minimum Gasteiger partial charge on any atom is -0.457 e. The molecule has 2 aromatic carbocycles. The van der Waals surface area contributed by atoms with E-state index in [9.17, 15) is 4.79 Å². The van der Waals surface area contributed by atoms with Crippen LogP contribution in [-0.4, -0.2) is 10.9 Å². The van der Waals surface area contributed by atoms with Crippen molar-refractivity contribution in [1.29, 1.82) is 0 Å². The molecule has 3 aromatic rings. The fourth-order valence-electron chi connectivity index (χ4n) is 2.11. The number of carbonyl (C=O) groups is 1. The Hall–Kier alpha value is -3.14. The van der Waals surface area contributed by atoms with Crippen LogP contribution >= 0.6 is 0 Å². The van der Waals surface area contributed by atoms with Crippen molar-refractivity contribution in [1.82, 2.24) is 10.3 Å². The first-order valence-electron chi connectivity index (χ1n) is 7.31. The molecule has 0 radical (unpaired) electrons. The number of hydrogen-bond donors (Lipinski definition) is 1. The molecule has 1 heterocycles. The molecule has 4 heteroatoms. The predicted octanol–water partition coefficient (Wildman–Crippen LogP) is 3.80. The minimum absolute atomic E-state index is 0.146. The van der Waals surface area contributed by atoms with Gasteiger partial charge >= 0.3 is 0 Å². The van der Waals surface area contributed by atoms with Gasteiger partial charge in [-0.2, -0.15) is 0 Å². The van der Waals surface area contributed by atoms with Crippen molar-refractivity contribution in [2.24, 2.45) is 0 Å². The minimum atomic E-state index is -0.146. The molecule has 3 rings (SSSR count). The number of pyridine rings is 1. The molecule has 1 amide bonds. The third-order valence-corrected chi connectivity index (χ3v) is 3.25. The van der Waals surface area contributed by atoms with Crippen LogP contribution in [-0.2, 0) is 6.54 Å². The molecule has 0 fully saturated rings. The molecule has 0 aliphatic heterocycles. The fraction of sp³-hybridized carbons (Fsp3) is 0.0526. The van der Waals surface area contributed by atoms with E-state index in [1.54, 1.807) is 30.6 Å². The number of carbonyl (C=O) groups excluding carboxylic acids is 1. The molecule has 4 nitrogen and oxygen atoms in total. The summed E-state index contributed by atoms with van der Waals surface area (Å²) in [5, 5.41) is 2.87. The zero-order chi connectivity index (χ0) is 15.9. The highest BCUT2D eigenvalue weighted by Crippen LogP contribution is 2.21. The maximum Gasteiger partial charge on any atom is 0.251 e. The Kier molecular flexibility index (Phi) is 4.64. The number of hydrogen-bond acceptors (Lipinski definition) is 3. The Balaban J connectivity index is 1.65. The number of aromatic nitrogens is 1. The number of amides is 1. The van der Waals surface area contributed by atoms with Gasteiger partial charge in [0.2, 0.25) is 0 Å². The summed E-state index contributed by atoms with van der Waals surface area (Å²) < 4.78 is 5.74. The van der Waals surface area contributed by atoms with E-state index >= 15 is 0 Å². The first-order valence-corrected chi connectivity index (χ1v) is 7.31. The van der Waals surface area contributed by atoms with Gasteiger partial charge in [-0.3, -0.25) is 9.78 Å². The number of ether oxygens (including phenoxy) is 1. The van der Waals surface area contributed by atoms with E-state index in [1.165, 1.54) is 0 Å². The van der Waals surface area contributed by atoms with E-state index in [-0.39, 0.29) is 5.91 Å².